The van der Waals surface area contributed by atoms with Crippen LogP contribution in [0.3, 0.4) is 0 Å². The molecule has 0 saturated heterocycles. The summed E-state index contributed by atoms with van der Waals surface area (Å²) in [4.78, 5) is 4.48. The number of nitrogens with zero attached hydrogens (tertiary/aromatic N) is 1. The van der Waals surface area contributed by atoms with Gasteiger partial charge in [-0.1, -0.05) is 6.92 Å². The molecule has 0 bridgehead atoms. The molecule has 0 aliphatic rings. The van der Waals surface area contributed by atoms with Gasteiger partial charge in [-0.3, -0.25) is 0 Å². The lowest BCUT2D eigenvalue weighted by molar-refractivity contribution is 0.469. The lowest BCUT2D eigenvalue weighted by Gasteiger charge is -2.17. The molecule has 1 N–H and O–H groups in total. The SMILES string of the molecule is CCCNC(CCCS(C)(=O)=O)Cc1csc(C)n1. The van der Waals surface area contributed by atoms with Crippen molar-refractivity contribution < 1.29 is 8.42 Å². The molecule has 0 saturated carbocycles. The van der Waals surface area contributed by atoms with Crippen molar-refractivity contribution in [1.82, 2.24) is 10.3 Å². The Hall–Kier alpha value is -0.460. The number of aromatic nitrogens is 1. The van der Waals surface area contributed by atoms with Gasteiger partial charge in [0.25, 0.3) is 0 Å². The van der Waals surface area contributed by atoms with E-state index in [0.29, 0.717) is 12.5 Å². The molecule has 1 atom stereocenters. The van der Waals surface area contributed by atoms with Crippen LogP contribution < -0.4 is 5.32 Å². The minimum Gasteiger partial charge on any atom is -0.314 e. The van der Waals surface area contributed by atoms with Crippen LogP contribution in [-0.2, 0) is 16.3 Å². The second-order valence-electron chi connectivity index (χ2n) is 4.99. The van der Waals surface area contributed by atoms with Gasteiger partial charge in [-0.15, -0.1) is 11.3 Å². The molecule has 1 heterocycles. The van der Waals surface area contributed by atoms with Crippen LogP contribution in [0.25, 0.3) is 0 Å². The number of rotatable bonds is 9. The van der Waals surface area contributed by atoms with Gasteiger partial charge < -0.3 is 5.32 Å². The average molecular weight is 304 g/mol. The van der Waals surface area contributed by atoms with E-state index in [2.05, 4.69) is 22.6 Å². The summed E-state index contributed by atoms with van der Waals surface area (Å²) in [5.74, 6) is 0.271. The molecule has 1 rings (SSSR count). The van der Waals surface area contributed by atoms with Gasteiger partial charge in [0.15, 0.2) is 0 Å². The summed E-state index contributed by atoms with van der Waals surface area (Å²) in [6.07, 6.45) is 4.85. The van der Waals surface area contributed by atoms with E-state index in [1.807, 2.05) is 6.92 Å². The number of aryl methyl sites for hydroxylation is 1. The van der Waals surface area contributed by atoms with Crippen molar-refractivity contribution in [2.75, 3.05) is 18.6 Å². The Labute approximate surface area is 120 Å². The van der Waals surface area contributed by atoms with Gasteiger partial charge in [-0.05, 0) is 32.7 Å². The predicted octanol–water partition coefficient (Wildman–Crippen LogP) is 2.19. The normalized spacial score (nSPS) is 13.6. The molecule has 4 nitrogen and oxygen atoms in total. The van der Waals surface area contributed by atoms with Crippen molar-refractivity contribution in [3.05, 3.63) is 16.1 Å². The van der Waals surface area contributed by atoms with Crippen LogP contribution in [0.15, 0.2) is 5.38 Å². The van der Waals surface area contributed by atoms with Gasteiger partial charge in [0.05, 0.1) is 10.7 Å². The highest BCUT2D eigenvalue weighted by Gasteiger charge is 2.12. The Morgan fingerprint density at radius 1 is 1.47 bits per heavy atom. The molecule has 0 aromatic carbocycles. The van der Waals surface area contributed by atoms with E-state index in [1.165, 1.54) is 6.26 Å². The zero-order valence-corrected chi connectivity index (χ0v) is 13.6. The Balaban J connectivity index is 2.46. The standard InChI is InChI=1S/C13H24N2O2S2/c1-4-7-14-12(6-5-8-19(3,16)17)9-13-10-18-11(2)15-13/h10,12,14H,4-9H2,1-3H3. The summed E-state index contributed by atoms with van der Waals surface area (Å²) in [5, 5.41) is 6.66. The zero-order chi connectivity index (χ0) is 14.3. The molecule has 0 fully saturated rings. The third kappa shape index (κ3) is 7.64. The topological polar surface area (TPSA) is 59.1 Å². The monoisotopic (exact) mass is 304 g/mol. The first-order valence-electron chi connectivity index (χ1n) is 6.73. The molecule has 6 heteroatoms. The highest BCUT2D eigenvalue weighted by atomic mass is 32.2. The largest absolute Gasteiger partial charge is 0.314 e. The van der Waals surface area contributed by atoms with Crippen molar-refractivity contribution in [2.45, 2.75) is 45.6 Å². The second kappa shape index (κ2) is 7.97. The quantitative estimate of drug-likeness (QED) is 0.760. The van der Waals surface area contributed by atoms with E-state index in [4.69, 9.17) is 0 Å². The Bertz CT molecular complexity index is 469. The molecule has 1 aromatic rings. The van der Waals surface area contributed by atoms with Crippen molar-refractivity contribution >= 4 is 21.2 Å². The van der Waals surface area contributed by atoms with E-state index in [9.17, 15) is 8.42 Å². The van der Waals surface area contributed by atoms with Crippen LogP contribution in [0.2, 0.25) is 0 Å². The molecule has 0 radical (unpaired) electrons. The van der Waals surface area contributed by atoms with Gasteiger partial charge in [0, 0.05) is 29.9 Å². The Morgan fingerprint density at radius 3 is 2.74 bits per heavy atom. The van der Waals surface area contributed by atoms with Crippen LogP contribution in [0.4, 0.5) is 0 Å². The number of hydrogen-bond donors (Lipinski definition) is 1. The molecule has 110 valence electrons. The molecule has 0 amide bonds. The summed E-state index contributed by atoms with van der Waals surface area (Å²) < 4.78 is 22.3. The smallest absolute Gasteiger partial charge is 0.147 e. The number of sulfone groups is 1. The summed E-state index contributed by atoms with van der Waals surface area (Å²) >= 11 is 1.66. The zero-order valence-electron chi connectivity index (χ0n) is 12.0. The summed E-state index contributed by atoms with van der Waals surface area (Å²) in [6, 6.07) is 0.322. The van der Waals surface area contributed by atoms with Crippen LogP contribution in [0, 0.1) is 6.92 Å². The maximum Gasteiger partial charge on any atom is 0.147 e. The highest BCUT2D eigenvalue weighted by molar-refractivity contribution is 7.90. The number of nitrogens with one attached hydrogen (secondary N) is 1. The second-order valence-corrected chi connectivity index (χ2v) is 8.31. The maximum absolute atomic E-state index is 11.2. The molecule has 0 aliphatic heterocycles. The maximum atomic E-state index is 11.2. The van der Waals surface area contributed by atoms with E-state index in [-0.39, 0.29) is 5.75 Å². The van der Waals surface area contributed by atoms with Gasteiger partial charge in [0.2, 0.25) is 0 Å². The minimum atomic E-state index is -2.85. The van der Waals surface area contributed by atoms with Gasteiger partial charge >= 0.3 is 0 Å². The molecular formula is C13H24N2O2S2. The fraction of sp³-hybridized carbons (Fsp3) is 0.769. The summed E-state index contributed by atoms with van der Waals surface area (Å²) in [6.45, 7) is 5.10. The van der Waals surface area contributed by atoms with Crippen molar-refractivity contribution in [1.29, 1.82) is 0 Å². The molecular weight excluding hydrogens is 280 g/mol. The predicted molar refractivity (Wildman–Crippen MR) is 81.6 cm³/mol. The van der Waals surface area contributed by atoms with E-state index >= 15 is 0 Å². The summed E-state index contributed by atoms with van der Waals surface area (Å²) in [7, 11) is -2.85. The average Bonchev–Trinajstić information content (AvgIpc) is 2.70. The minimum absolute atomic E-state index is 0.271. The number of hydrogen-bond acceptors (Lipinski definition) is 5. The van der Waals surface area contributed by atoms with Gasteiger partial charge in [0.1, 0.15) is 9.84 Å². The Morgan fingerprint density at radius 2 is 2.21 bits per heavy atom. The van der Waals surface area contributed by atoms with Crippen LogP contribution in [-0.4, -0.2) is 38.0 Å². The van der Waals surface area contributed by atoms with Crippen molar-refractivity contribution in [3.8, 4) is 0 Å². The van der Waals surface area contributed by atoms with Crippen molar-refractivity contribution in [2.24, 2.45) is 0 Å². The molecule has 19 heavy (non-hydrogen) atoms. The third-order valence-electron chi connectivity index (χ3n) is 2.87. The highest BCUT2D eigenvalue weighted by Crippen LogP contribution is 2.12. The lowest BCUT2D eigenvalue weighted by atomic mass is 10.1. The van der Waals surface area contributed by atoms with Gasteiger partial charge in [-0.25, -0.2) is 13.4 Å². The first-order valence-corrected chi connectivity index (χ1v) is 9.67. The van der Waals surface area contributed by atoms with Crippen LogP contribution in [0.1, 0.15) is 36.9 Å². The number of thiazole rings is 1. The molecule has 0 aliphatic carbocycles. The van der Waals surface area contributed by atoms with E-state index in [0.717, 1.165) is 36.5 Å². The van der Waals surface area contributed by atoms with Crippen LogP contribution >= 0.6 is 11.3 Å². The first kappa shape index (κ1) is 16.6. The van der Waals surface area contributed by atoms with E-state index < -0.39 is 9.84 Å². The van der Waals surface area contributed by atoms with Gasteiger partial charge in [-0.2, -0.15) is 0 Å². The molecule has 1 aromatic heterocycles. The third-order valence-corrected chi connectivity index (χ3v) is 4.73. The lowest BCUT2D eigenvalue weighted by Crippen LogP contribution is -2.32. The first-order chi connectivity index (χ1) is 8.90. The van der Waals surface area contributed by atoms with Crippen LogP contribution in [0.5, 0.6) is 0 Å². The fourth-order valence-electron chi connectivity index (χ4n) is 1.97. The summed E-state index contributed by atoms with van der Waals surface area (Å²) in [5.41, 5.74) is 1.11. The Kier molecular flexibility index (Phi) is 6.96. The molecule has 0 spiro atoms. The fourth-order valence-corrected chi connectivity index (χ4v) is 3.29. The van der Waals surface area contributed by atoms with E-state index in [1.54, 1.807) is 11.3 Å². The van der Waals surface area contributed by atoms with Crippen molar-refractivity contribution in [3.63, 3.8) is 0 Å². The molecule has 1 unspecified atom stereocenters.